The molecular weight excluding hydrogens is 711 g/mol. The highest BCUT2D eigenvalue weighted by Gasteiger charge is 2.40. The van der Waals surface area contributed by atoms with Crippen LogP contribution >= 0.6 is 11.3 Å². The molecule has 0 N–H and O–H groups in total. The number of thiophene rings is 1. The van der Waals surface area contributed by atoms with Gasteiger partial charge in [-0.1, -0.05) is 147 Å². The van der Waals surface area contributed by atoms with Gasteiger partial charge in [0.05, 0.1) is 22.4 Å². The van der Waals surface area contributed by atoms with Gasteiger partial charge < -0.3 is 0 Å². The van der Waals surface area contributed by atoms with Crippen molar-refractivity contribution in [2.45, 2.75) is 19.3 Å². The van der Waals surface area contributed by atoms with Gasteiger partial charge in [0.1, 0.15) is 0 Å². The molecule has 3 heterocycles. The average molecular weight is 744 g/mol. The lowest BCUT2D eigenvalue weighted by molar-refractivity contribution is 0.657. The SMILES string of the molecule is CC1(C)c2ccccc2-c2nc(-n3c4cc5ccccc5cc4c4c5c6ccccc6c6ccccc6c5ccc43)nc(-c3ccc4c(c3)sc3ccccc34)c21. The minimum atomic E-state index is -0.290. The van der Waals surface area contributed by atoms with E-state index in [-0.39, 0.29) is 5.41 Å². The summed E-state index contributed by atoms with van der Waals surface area (Å²) in [7, 11) is 0. The third kappa shape index (κ3) is 4.15. The number of benzene rings is 9. The van der Waals surface area contributed by atoms with E-state index in [2.05, 4.69) is 182 Å². The summed E-state index contributed by atoms with van der Waals surface area (Å²) in [6.45, 7) is 4.66. The van der Waals surface area contributed by atoms with Gasteiger partial charge in [-0.3, -0.25) is 4.57 Å². The van der Waals surface area contributed by atoms with Crippen molar-refractivity contribution >= 4 is 96.4 Å². The van der Waals surface area contributed by atoms with Gasteiger partial charge in [0, 0.05) is 58.4 Å². The Labute approximate surface area is 332 Å². The molecule has 0 saturated carbocycles. The summed E-state index contributed by atoms with van der Waals surface area (Å²) in [6.07, 6.45) is 0. The highest BCUT2D eigenvalue weighted by Crippen LogP contribution is 2.52. The molecule has 0 spiro atoms. The minimum absolute atomic E-state index is 0.290. The van der Waals surface area contributed by atoms with Gasteiger partial charge in [0.25, 0.3) is 0 Å². The molecule has 1 aliphatic carbocycles. The number of nitrogens with zero attached hydrogens (tertiary/aromatic N) is 3. The highest BCUT2D eigenvalue weighted by atomic mass is 32.1. The predicted octanol–water partition coefficient (Wildman–Crippen LogP) is 14.5. The van der Waals surface area contributed by atoms with E-state index in [1.165, 1.54) is 90.7 Å². The van der Waals surface area contributed by atoms with Gasteiger partial charge in [-0.15, -0.1) is 11.3 Å². The van der Waals surface area contributed by atoms with E-state index in [0.29, 0.717) is 5.95 Å². The summed E-state index contributed by atoms with van der Waals surface area (Å²) in [5, 5.41) is 15.0. The molecule has 0 amide bonds. The second-order valence-electron chi connectivity index (χ2n) is 16.1. The zero-order chi connectivity index (χ0) is 37.6. The van der Waals surface area contributed by atoms with Crippen LogP contribution in [0.2, 0.25) is 0 Å². The van der Waals surface area contributed by atoms with Gasteiger partial charge in [-0.2, -0.15) is 0 Å². The molecule has 0 fully saturated rings. The first-order valence-corrected chi connectivity index (χ1v) is 20.5. The quantitative estimate of drug-likeness (QED) is 0.165. The van der Waals surface area contributed by atoms with Crippen molar-refractivity contribution in [2.24, 2.45) is 0 Å². The van der Waals surface area contributed by atoms with E-state index in [1.54, 1.807) is 0 Å². The van der Waals surface area contributed by atoms with Crippen LogP contribution in [0.15, 0.2) is 164 Å². The van der Waals surface area contributed by atoms with Gasteiger partial charge in [0.2, 0.25) is 5.95 Å². The molecule has 3 aromatic heterocycles. The monoisotopic (exact) mass is 743 g/mol. The fourth-order valence-electron chi connectivity index (χ4n) is 10.2. The largest absolute Gasteiger partial charge is 0.278 e. The van der Waals surface area contributed by atoms with E-state index < -0.39 is 0 Å². The van der Waals surface area contributed by atoms with Crippen LogP contribution < -0.4 is 0 Å². The van der Waals surface area contributed by atoms with Gasteiger partial charge >= 0.3 is 0 Å². The molecule has 4 heteroatoms. The third-order valence-electron chi connectivity index (χ3n) is 12.7. The van der Waals surface area contributed by atoms with E-state index in [9.17, 15) is 0 Å². The lowest BCUT2D eigenvalue weighted by Gasteiger charge is -2.24. The molecule has 12 aromatic rings. The van der Waals surface area contributed by atoms with Crippen LogP contribution in [0.3, 0.4) is 0 Å². The molecule has 0 saturated heterocycles. The first-order valence-electron chi connectivity index (χ1n) is 19.7. The maximum Gasteiger partial charge on any atom is 0.235 e. The third-order valence-corrected chi connectivity index (χ3v) is 13.9. The fraction of sp³-hybridized carbons (Fsp3) is 0.0566. The van der Waals surface area contributed by atoms with E-state index >= 15 is 0 Å². The maximum absolute atomic E-state index is 5.73. The highest BCUT2D eigenvalue weighted by molar-refractivity contribution is 7.25. The van der Waals surface area contributed by atoms with Crippen LogP contribution in [0.1, 0.15) is 25.0 Å². The number of hydrogen-bond acceptors (Lipinski definition) is 3. The summed E-state index contributed by atoms with van der Waals surface area (Å²) in [6, 6.07) is 60.2. The molecule has 0 aliphatic heterocycles. The molecule has 0 atom stereocenters. The molecule has 0 unspecified atom stereocenters. The Balaban J connectivity index is 1.20. The van der Waals surface area contributed by atoms with Crippen molar-refractivity contribution in [1.29, 1.82) is 0 Å². The topological polar surface area (TPSA) is 30.7 Å². The summed E-state index contributed by atoms with van der Waals surface area (Å²) in [5.41, 5.74) is 8.68. The van der Waals surface area contributed by atoms with Crippen molar-refractivity contribution in [3.05, 3.63) is 175 Å². The smallest absolute Gasteiger partial charge is 0.235 e. The van der Waals surface area contributed by atoms with Crippen LogP contribution in [0.4, 0.5) is 0 Å². The van der Waals surface area contributed by atoms with Gasteiger partial charge in [0.15, 0.2) is 0 Å². The van der Waals surface area contributed by atoms with Crippen molar-refractivity contribution in [3.8, 4) is 28.5 Å². The van der Waals surface area contributed by atoms with Crippen LogP contribution in [-0.2, 0) is 5.41 Å². The van der Waals surface area contributed by atoms with Crippen molar-refractivity contribution in [1.82, 2.24) is 14.5 Å². The lowest BCUT2D eigenvalue weighted by atomic mass is 9.81. The van der Waals surface area contributed by atoms with E-state index in [4.69, 9.17) is 9.97 Å². The molecule has 3 nitrogen and oxygen atoms in total. The Kier molecular flexibility index (Phi) is 6.12. The lowest BCUT2D eigenvalue weighted by Crippen LogP contribution is -2.18. The minimum Gasteiger partial charge on any atom is -0.278 e. The normalized spacial score (nSPS) is 13.6. The van der Waals surface area contributed by atoms with E-state index in [1.807, 2.05) is 11.3 Å². The average Bonchev–Trinajstić information content (AvgIpc) is 3.87. The standard InChI is InChI=1S/C53H33N3S/c1-53(2)42-21-11-9-20-40(42)51-49(53)50(32-23-24-37-36-18-10-12-22-45(36)57-46(37)29-32)54-52(55-51)56-43-26-25-39-35-17-6-5-15-33(35)34-16-7-8-19-38(34)47(39)48(43)41-27-30-13-3-4-14-31(30)28-44(41)56/h3-29H,1-2H3. The van der Waals surface area contributed by atoms with Gasteiger partial charge in [-0.25, -0.2) is 9.97 Å². The Morgan fingerprint density at radius 2 is 1.05 bits per heavy atom. The van der Waals surface area contributed by atoms with Gasteiger partial charge in [-0.05, 0) is 73.6 Å². The van der Waals surface area contributed by atoms with E-state index in [0.717, 1.165) is 28.0 Å². The van der Waals surface area contributed by atoms with Crippen LogP contribution in [0, 0.1) is 0 Å². The molecule has 13 rings (SSSR count). The zero-order valence-corrected chi connectivity index (χ0v) is 32.2. The molecule has 0 radical (unpaired) electrons. The molecule has 1 aliphatic rings. The second kappa shape index (κ2) is 11.1. The Morgan fingerprint density at radius 3 is 1.86 bits per heavy atom. The summed E-state index contributed by atoms with van der Waals surface area (Å²) in [4.78, 5) is 11.4. The zero-order valence-electron chi connectivity index (χ0n) is 31.3. The fourth-order valence-corrected chi connectivity index (χ4v) is 11.3. The molecular formula is C53H33N3S. The number of rotatable bonds is 2. The summed E-state index contributed by atoms with van der Waals surface area (Å²) >= 11 is 1.85. The van der Waals surface area contributed by atoms with Crippen LogP contribution in [-0.4, -0.2) is 14.5 Å². The maximum atomic E-state index is 5.73. The van der Waals surface area contributed by atoms with Crippen molar-refractivity contribution < 1.29 is 0 Å². The Bertz CT molecular complexity index is 3700. The Morgan fingerprint density at radius 1 is 0.456 bits per heavy atom. The molecule has 0 bridgehead atoms. The van der Waals surface area contributed by atoms with Crippen molar-refractivity contribution in [3.63, 3.8) is 0 Å². The number of fused-ring (bicyclic) bond motifs is 17. The molecule has 266 valence electrons. The summed E-state index contributed by atoms with van der Waals surface area (Å²) in [5.74, 6) is 0.687. The number of aromatic nitrogens is 3. The first kappa shape index (κ1) is 31.3. The predicted molar refractivity (Wildman–Crippen MR) is 242 cm³/mol. The summed E-state index contributed by atoms with van der Waals surface area (Å²) < 4.78 is 4.91. The van der Waals surface area contributed by atoms with Crippen molar-refractivity contribution in [2.75, 3.05) is 0 Å². The molecule has 57 heavy (non-hydrogen) atoms. The first-order chi connectivity index (χ1) is 28.0. The number of hydrogen-bond donors (Lipinski definition) is 0. The Hall–Kier alpha value is -6.88. The second-order valence-corrected chi connectivity index (χ2v) is 17.2. The van der Waals surface area contributed by atoms with Crippen LogP contribution in [0.5, 0.6) is 0 Å². The molecule has 9 aromatic carbocycles. The van der Waals surface area contributed by atoms with Crippen LogP contribution in [0.25, 0.3) is 114 Å².